The number of para-hydroxylation sites is 2. The van der Waals surface area contributed by atoms with Crippen molar-refractivity contribution in [2.24, 2.45) is 7.05 Å². The van der Waals surface area contributed by atoms with Crippen molar-refractivity contribution in [3.05, 3.63) is 54.2 Å². The summed E-state index contributed by atoms with van der Waals surface area (Å²) < 4.78 is 7.52. The molecule has 1 aromatic carbocycles. The Morgan fingerprint density at radius 2 is 2.10 bits per heavy atom. The lowest BCUT2D eigenvalue weighted by Crippen LogP contribution is -2.27. The Morgan fingerprint density at radius 3 is 2.86 bits per heavy atom. The molecule has 1 atom stereocenters. The smallest absolute Gasteiger partial charge is 0.123 e. The molecule has 0 saturated carbocycles. The molecule has 0 radical (unpaired) electrons. The van der Waals surface area contributed by atoms with Crippen LogP contribution >= 0.6 is 0 Å². The second-order valence-corrected chi connectivity index (χ2v) is 5.48. The van der Waals surface area contributed by atoms with Crippen LogP contribution in [-0.2, 0) is 20.0 Å². The van der Waals surface area contributed by atoms with E-state index in [9.17, 15) is 0 Å². The van der Waals surface area contributed by atoms with Crippen LogP contribution in [0.25, 0.3) is 11.0 Å². The summed E-state index contributed by atoms with van der Waals surface area (Å²) in [4.78, 5) is 4.68. The van der Waals surface area contributed by atoms with Crippen molar-refractivity contribution in [2.75, 3.05) is 0 Å². The molecule has 1 unspecified atom stereocenters. The molecule has 0 spiro atoms. The second kappa shape index (κ2) is 6.14. The fourth-order valence-electron chi connectivity index (χ4n) is 2.53. The van der Waals surface area contributed by atoms with E-state index in [-0.39, 0.29) is 0 Å². The van der Waals surface area contributed by atoms with Crippen molar-refractivity contribution in [3.8, 4) is 0 Å². The number of aryl methyl sites for hydroxylation is 2. The standard InChI is InChI=1S/C17H21N3O/c1-13(9-10-14-6-5-11-21-14)18-12-17-19-15-7-3-4-8-16(15)20(17)2/h3-8,11,13,18H,9-10,12H2,1-2H3. The summed E-state index contributed by atoms with van der Waals surface area (Å²) in [6.07, 6.45) is 3.74. The summed E-state index contributed by atoms with van der Waals surface area (Å²) in [6.45, 7) is 2.98. The van der Waals surface area contributed by atoms with E-state index in [0.29, 0.717) is 6.04 Å². The number of rotatable bonds is 6. The molecule has 0 aliphatic carbocycles. The quantitative estimate of drug-likeness (QED) is 0.755. The first kappa shape index (κ1) is 13.9. The predicted molar refractivity (Wildman–Crippen MR) is 84.0 cm³/mol. The molecule has 4 nitrogen and oxygen atoms in total. The SMILES string of the molecule is CC(CCc1ccco1)NCc1nc2ccccc2n1C. The second-order valence-electron chi connectivity index (χ2n) is 5.48. The van der Waals surface area contributed by atoms with Gasteiger partial charge in [0.25, 0.3) is 0 Å². The Hall–Kier alpha value is -2.07. The number of aromatic nitrogens is 2. The van der Waals surface area contributed by atoms with Crippen molar-refractivity contribution in [2.45, 2.75) is 32.4 Å². The number of nitrogens with zero attached hydrogens (tertiary/aromatic N) is 2. The van der Waals surface area contributed by atoms with E-state index >= 15 is 0 Å². The predicted octanol–water partition coefficient (Wildman–Crippen LogP) is 3.28. The van der Waals surface area contributed by atoms with Crippen LogP contribution in [0.15, 0.2) is 47.1 Å². The third kappa shape index (κ3) is 3.16. The lowest BCUT2D eigenvalue weighted by Gasteiger charge is -2.12. The van der Waals surface area contributed by atoms with Crippen LogP contribution in [0.3, 0.4) is 0 Å². The highest BCUT2D eigenvalue weighted by Gasteiger charge is 2.09. The van der Waals surface area contributed by atoms with Gasteiger partial charge in [-0.1, -0.05) is 12.1 Å². The average molecular weight is 283 g/mol. The number of hydrogen-bond acceptors (Lipinski definition) is 3. The largest absolute Gasteiger partial charge is 0.469 e. The van der Waals surface area contributed by atoms with Gasteiger partial charge >= 0.3 is 0 Å². The van der Waals surface area contributed by atoms with Gasteiger partial charge in [0.05, 0.1) is 23.8 Å². The molecule has 0 aliphatic heterocycles. The number of imidazole rings is 1. The summed E-state index contributed by atoms with van der Waals surface area (Å²) in [5.74, 6) is 2.12. The van der Waals surface area contributed by atoms with Crippen LogP contribution in [0, 0.1) is 0 Å². The molecule has 3 rings (SSSR count). The van der Waals surface area contributed by atoms with Crippen molar-refractivity contribution in [1.29, 1.82) is 0 Å². The van der Waals surface area contributed by atoms with Crippen LogP contribution < -0.4 is 5.32 Å². The minimum absolute atomic E-state index is 0.426. The van der Waals surface area contributed by atoms with Gasteiger partial charge in [0.2, 0.25) is 0 Å². The maximum absolute atomic E-state index is 5.36. The zero-order chi connectivity index (χ0) is 14.7. The van der Waals surface area contributed by atoms with Crippen LogP contribution in [0.4, 0.5) is 0 Å². The number of fused-ring (bicyclic) bond motifs is 1. The van der Waals surface area contributed by atoms with Gasteiger partial charge in [-0.15, -0.1) is 0 Å². The molecular weight excluding hydrogens is 262 g/mol. The molecule has 110 valence electrons. The van der Waals surface area contributed by atoms with E-state index in [1.165, 1.54) is 5.52 Å². The third-order valence-electron chi connectivity index (χ3n) is 3.89. The van der Waals surface area contributed by atoms with Crippen molar-refractivity contribution < 1.29 is 4.42 Å². The minimum Gasteiger partial charge on any atom is -0.469 e. The van der Waals surface area contributed by atoms with E-state index in [4.69, 9.17) is 4.42 Å². The molecule has 3 aromatic rings. The fourth-order valence-corrected chi connectivity index (χ4v) is 2.53. The van der Waals surface area contributed by atoms with E-state index < -0.39 is 0 Å². The first-order chi connectivity index (χ1) is 10.2. The van der Waals surface area contributed by atoms with Crippen LogP contribution in [0.1, 0.15) is 24.9 Å². The highest BCUT2D eigenvalue weighted by atomic mass is 16.3. The number of hydrogen-bond donors (Lipinski definition) is 1. The molecule has 1 N–H and O–H groups in total. The first-order valence-corrected chi connectivity index (χ1v) is 7.40. The highest BCUT2D eigenvalue weighted by molar-refractivity contribution is 5.75. The molecular formula is C17H21N3O. The Labute approximate surface area is 124 Å². The van der Waals surface area contributed by atoms with Gasteiger partial charge in [-0.2, -0.15) is 0 Å². The van der Waals surface area contributed by atoms with Gasteiger partial charge in [-0.05, 0) is 37.6 Å². The zero-order valence-electron chi connectivity index (χ0n) is 12.5. The molecule has 0 saturated heterocycles. The molecule has 0 bridgehead atoms. The summed E-state index contributed by atoms with van der Waals surface area (Å²) >= 11 is 0. The van der Waals surface area contributed by atoms with Crippen molar-refractivity contribution in [3.63, 3.8) is 0 Å². The number of benzene rings is 1. The van der Waals surface area contributed by atoms with Gasteiger partial charge in [0, 0.05) is 19.5 Å². The lowest BCUT2D eigenvalue weighted by atomic mass is 10.1. The minimum atomic E-state index is 0.426. The first-order valence-electron chi connectivity index (χ1n) is 7.40. The van der Waals surface area contributed by atoms with Gasteiger partial charge in [-0.25, -0.2) is 4.98 Å². The maximum atomic E-state index is 5.36. The highest BCUT2D eigenvalue weighted by Crippen LogP contribution is 2.14. The van der Waals surface area contributed by atoms with Gasteiger partial charge < -0.3 is 14.3 Å². The number of furan rings is 1. The molecule has 2 aromatic heterocycles. The number of nitrogens with one attached hydrogen (secondary N) is 1. The van der Waals surface area contributed by atoms with Gasteiger partial charge in [0.1, 0.15) is 11.6 Å². The normalized spacial score (nSPS) is 12.9. The van der Waals surface area contributed by atoms with E-state index in [2.05, 4.69) is 41.0 Å². The molecule has 2 heterocycles. The topological polar surface area (TPSA) is 43.0 Å². The molecule has 0 amide bonds. The summed E-state index contributed by atoms with van der Waals surface area (Å²) in [7, 11) is 2.07. The van der Waals surface area contributed by atoms with Crippen molar-refractivity contribution >= 4 is 11.0 Å². The Bertz CT molecular complexity index is 700. The molecule has 21 heavy (non-hydrogen) atoms. The third-order valence-corrected chi connectivity index (χ3v) is 3.89. The Kier molecular flexibility index (Phi) is 4.06. The maximum Gasteiger partial charge on any atom is 0.123 e. The van der Waals surface area contributed by atoms with E-state index in [1.807, 2.05) is 24.3 Å². The molecule has 4 heteroatoms. The van der Waals surface area contributed by atoms with E-state index in [1.54, 1.807) is 6.26 Å². The van der Waals surface area contributed by atoms with Crippen LogP contribution in [0.5, 0.6) is 0 Å². The summed E-state index contributed by atoms with van der Waals surface area (Å²) in [5.41, 5.74) is 2.23. The Balaban J connectivity index is 1.57. The van der Waals surface area contributed by atoms with E-state index in [0.717, 1.165) is 36.5 Å². The van der Waals surface area contributed by atoms with Gasteiger partial charge in [0.15, 0.2) is 0 Å². The monoisotopic (exact) mass is 283 g/mol. The average Bonchev–Trinajstić information content (AvgIpc) is 3.12. The van der Waals surface area contributed by atoms with Crippen molar-refractivity contribution in [1.82, 2.24) is 14.9 Å². The van der Waals surface area contributed by atoms with Crippen LogP contribution in [-0.4, -0.2) is 15.6 Å². The lowest BCUT2D eigenvalue weighted by molar-refractivity contribution is 0.455. The van der Waals surface area contributed by atoms with Crippen LogP contribution in [0.2, 0.25) is 0 Å². The fraction of sp³-hybridized carbons (Fsp3) is 0.353. The molecule has 0 aliphatic rings. The van der Waals surface area contributed by atoms with Gasteiger partial charge in [-0.3, -0.25) is 0 Å². The zero-order valence-corrected chi connectivity index (χ0v) is 12.5. The summed E-state index contributed by atoms with van der Waals surface area (Å²) in [5, 5.41) is 3.54. The molecule has 0 fully saturated rings. The summed E-state index contributed by atoms with van der Waals surface area (Å²) in [6, 6.07) is 12.6. The Morgan fingerprint density at radius 1 is 1.24 bits per heavy atom.